The molecular weight excluding hydrogens is 240 g/mol. The molecule has 4 heteroatoms. The fraction of sp³-hybridized carbons (Fsp3) is 0.333. The molecule has 0 radical (unpaired) electrons. The average Bonchev–Trinajstić information content (AvgIpc) is 2.42. The molecule has 1 heterocycles. The quantitative estimate of drug-likeness (QED) is 0.827. The Balaban J connectivity index is 1.99. The van der Waals surface area contributed by atoms with Crippen molar-refractivity contribution in [3.63, 3.8) is 0 Å². The van der Waals surface area contributed by atoms with E-state index < -0.39 is 0 Å². The maximum atomic E-state index is 11.7. The van der Waals surface area contributed by atoms with E-state index in [-0.39, 0.29) is 5.56 Å². The highest BCUT2D eigenvalue weighted by Crippen LogP contribution is 2.09. The molecule has 0 fully saturated rings. The summed E-state index contributed by atoms with van der Waals surface area (Å²) < 4.78 is 7.02. The molecular formula is C15H18N2O2. The van der Waals surface area contributed by atoms with Crippen LogP contribution in [0.4, 0.5) is 0 Å². The summed E-state index contributed by atoms with van der Waals surface area (Å²) in [6.07, 6.45) is 0. The molecule has 0 N–H and O–H groups in total. The zero-order valence-corrected chi connectivity index (χ0v) is 11.2. The van der Waals surface area contributed by atoms with Crippen molar-refractivity contribution in [2.45, 2.75) is 26.3 Å². The predicted molar refractivity (Wildman–Crippen MR) is 74.5 cm³/mol. The highest BCUT2D eigenvalue weighted by Gasteiger charge is 2.04. The molecule has 1 aromatic carbocycles. The summed E-state index contributed by atoms with van der Waals surface area (Å²) in [5.74, 6) is 1.11. The van der Waals surface area contributed by atoms with E-state index in [0.29, 0.717) is 19.1 Å². The Morgan fingerprint density at radius 1 is 1.16 bits per heavy atom. The van der Waals surface area contributed by atoms with Gasteiger partial charge in [-0.2, -0.15) is 5.10 Å². The Kier molecular flexibility index (Phi) is 4.34. The van der Waals surface area contributed by atoms with Gasteiger partial charge in [0.05, 0.1) is 12.2 Å². The minimum atomic E-state index is -0.0962. The third-order valence-corrected chi connectivity index (χ3v) is 2.79. The van der Waals surface area contributed by atoms with Gasteiger partial charge in [-0.05, 0) is 24.1 Å². The number of rotatable bonds is 5. The SMILES string of the molecule is CC(C)c1ccc(=O)n(CCOc2ccccc2)n1. The van der Waals surface area contributed by atoms with Crippen molar-refractivity contribution >= 4 is 0 Å². The molecule has 2 aromatic rings. The molecule has 0 saturated carbocycles. The molecule has 0 bridgehead atoms. The van der Waals surface area contributed by atoms with Crippen LogP contribution < -0.4 is 10.3 Å². The van der Waals surface area contributed by atoms with E-state index in [4.69, 9.17) is 4.74 Å². The number of para-hydroxylation sites is 1. The van der Waals surface area contributed by atoms with Gasteiger partial charge in [-0.3, -0.25) is 4.79 Å². The van der Waals surface area contributed by atoms with Crippen molar-refractivity contribution in [2.75, 3.05) is 6.61 Å². The lowest BCUT2D eigenvalue weighted by Crippen LogP contribution is -2.26. The van der Waals surface area contributed by atoms with Gasteiger partial charge in [-0.15, -0.1) is 0 Å². The van der Waals surface area contributed by atoms with Crippen LogP contribution in [0.3, 0.4) is 0 Å². The molecule has 0 spiro atoms. The molecule has 0 aliphatic heterocycles. The molecule has 2 rings (SSSR count). The lowest BCUT2D eigenvalue weighted by molar-refractivity contribution is 0.287. The van der Waals surface area contributed by atoms with Crippen molar-refractivity contribution in [3.8, 4) is 5.75 Å². The lowest BCUT2D eigenvalue weighted by Gasteiger charge is -2.10. The smallest absolute Gasteiger partial charge is 0.266 e. The number of aromatic nitrogens is 2. The minimum Gasteiger partial charge on any atom is -0.492 e. The molecule has 19 heavy (non-hydrogen) atoms. The van der Waals surface area contributed by atoms with E-state index in [9.17, 15) is 4.79 Å². The number of hydrogen-bond acceptors (Lipinski definition) is 3. The van der Waals surface area contributed by atoms with E-state index in [1.807, 2.05) is 30.3 Å². The van der Waals surface area contributed by atoms with E-state index in [2.05, 4.69) is 18.9 Å². The van der Waals surface area contributed by atoms with Crippen LogP contribution in [-0.4, -0.2) is 16.4 Å². The van der Waals surface area contributed by atoms with Crippen molar-refractivity contribution in [3.05, 3.63) is 58.5 Å². The lowest BCUT2D eigenvalue weighted by atomic mass is 10.1. The van der Waals surface area contributed by atoms with Gasteiger partial charge in [0.2, 0.25) is 0 Å². The first-order chi connectivity index (χ1) is 9.16. The first kappa shape index (κ1) is 13.3. The Morgan fingerprint density at radius 3 is 2.58 bits per heavy atom. The highest BCUT2D eigenvalue weighted by atomic mass is 16.5. The normalized spacial score (nSPS) is 10.7. The van der Waals surface area contributed by atoms with Gasteiger partial charge in [0.25, 0.3) is 5.56 Å². The van der Waals surface area contributed by atoms with Gasteiger partial charge in [-0.1, -0.05) is 32.0 Å². The second-order valence-corrected chi connectivity index (χ2v) is 4.64. The first-order valence-corrected chi connectivity index (χ1v) is 6.43. The second kappa shape index (κ2) is 6.18. The van der Waals surface area contributed by atoms with Crippen molar-refractivity contribution in [1.82, 2.24) is 9.78 Å². The molecule has 0 aliphatic carbocycles. The number of benzene rings is 1. The zero-order valence-electron chi connectivity index (χ0n) is 11.2. The maximum Gasteiger partial charge on any atom is 0.266 e. The Bertz CT molecular complexity index is 576. The van der Waals surface area contributed by atoms with Crippen LogP contribution in [0, 0.1) is 0 Å². The van der Waals surface area contributed by atoms with Crippen LogP contribution in [0.1, 0.15) is 25.5 Å². The monoisotopic (exact) mass is 258 g/mol. The van der Waals surface area contributed by atoms with Gasteiger partial charge in [0, 0.05) is 6.07 Å². The second-order valence-electron chi connectivity index (χ2n) is 4.64. The van der Waals surface area contributed by atoms with Crippen LogP contribution in [0.5, 0.6) is 5.75 Å². The van der Waals surface area contributed by atoms with Crippen LogP contribution in [0.2, 0.25) is 0 Å². The van der Waals surface area contributed by atoms with E-state index >= 15 is 0 Å². The minimum absolute atomic E-state index is 0.0962. The summed E-state index contributed by atoms with van der Waals surface area (Å²) in [5, 5.41) is 4.33. The summed E-state index contributed by atoms with van der Waals surface area (Å²) in [7, 11) is 0. The summed E-state index contributed by atoms with van der Waals surface area (Å²) in [6, 6.07) is 12.9. The summed E-state index contributed by atoms with van der Waals surface area (Å²) in [4.78, 5) is 11.7. The average molecular weight is 258 g/mol. The Morgan fingerprint density at radius 2 is 1.89 bits per heavy atom. The van der Waals surface area contributed by atoms with E-state index in [0.717, 1.165) is 11.4 Å². The molecule has 0 saturated heterocycles. The van der Waals surface area contributed by atoms with Crippen LogP contribution >= 0.6 is 0 Å². The number of nitrogens with zero attached hydrogens (tertiary/aromatic N) is 2. The van der Waals surface area contributed by atoms with Crippen molar-refractivity contribution in [2.24, 2.45) is 0 Å². The molecule has 0 atom stereocenters. The van der Waals surface area contributed by atoms with Gasteiger partial charge < -0.3 is 4.74 Å². The summed E-state index contributed by atoms with van der Waals surface area (Å²) in [5.41, 5.74) is 0.820. The summed E-state index contributed by atoms with van der Waals surface area (Å²) in [6.45, 7) is 4.99. The fourth-order valence-electron chi connectivity index (χ4n) is 1.70. The van der Waals surface area contributed by atoms with Crippen LogP contribution in [0.15, 0.2) is 47.3 Å². The summed E-state index contributed by atoms with van der Waals surface area (Å²) >= 11 is 0. The maximum absolute atomic E-state index is 11.7. The van der Waals surface area contributed by atoms with Gasteiger partial charge in [0.15, 0.2) is 0 Å². The van der Waals surface area contributed by atoms with Crippen molar-refractivity contribution in [1.29, 1.82) is 0 Å². The first-order valence-electron chi connectivity index (χ1n) is 6.43. The molecule has 1 aromatic heterocycles. The highest BCUT2D eigenvalue weighted by molar-refractivity contribution is 5.20. The molecule has 4 nitrogen and oxygen atoms in total. The number of ether oxygens (including phenoxy) is 1. The third-order valence-electron chi connectivity index (χ3n) is 2.79. The zero-order chi connectivity index (χ0) is 13.7. The molecule has 0 unspecified atom stereocenters. The van der Waals surface area contributed by atoms with E-state index in [1.54, 1.807) is 12.1 Å². The molecule has 0 aliphatic rings. The largest absolute Gasteiger partial charge is 0.492 e. The van der Waals surface area contributed by atoms with E-state index in [1.165, 1.54) is 4.68 Å². The number of hydrogen-bond donors (Lipinski definition) is 0. The Labute approximate surface area is 112 Å². The Hall–Kier alpha value is -2.10. The molecule has 0 amide bonds. The van der Waals surface area contributed by atoms with Gasteiger partial charge in [-0.25, -0.2) is 4.68 Å². The predicted octanol–water partition coefficient (Wildman–Crippen LogP) is 2.45. The third kappa shape index (κ3) is 3.68. The van der Waals surface area contributed by atoms with Crippen molar-refractivity contribution < 1.29 is 4.74 Å². The molecule has 100 valence electrons. The van der Waals surface area contributed by atoms with Gasteiger partial charge in [0.1, 0.15) is 12.4 Å². The topological polar surface area (TPSA) is 44.1 Å². The van der Waals surface area contributed by atoms with Gasteiger partial charge >= 0.3 is 0 Å². The van der Waals surface area contributed by atoms with Crippen LogP contribution in [-0.2, 0) is 6.54 Å². The fourth-order valence-corrected chi connectivity index (χ4v) is 1.70. The van der Waals surface area contributed by atoms with Crippen LogP contribution in [0.25, 0.3) is 0 Å². The standard InChI is InChI=1S/C15H18N2O2/c1-12(2)14-8-9-15(18)17(16-14)10-11-19-13-6-4-3-5-7-13/h3-9,12H,10-11H2,1-2H3.